The van der Waals surface area contributed by atoms with Gasteiger partial charge in [-0.2, -0.15) is 0 Å². The Morgan fingerprint density at radius 3 is 2.28 bits per heavy atom. The minimum atomic E-state index is 0.587. The second-order valence-corrected chi connectivity index (χ2v) is 3.81. The summed E-state index contributed by atoms with van der Waals surface area (Å²) < 4.78 is 16.2. The Kier molecular flexibility index (Phi) is 6.14. The summed E-state index contributed by atoms with van der Waals surface area (Å²) in [5.74, 6) is 1.79. The first-order chi connectivity index (χ1) is 8.72. The Hall–Kier alpha value is -1.62. The molecule has 0 fully saturated rings. The van der Waals surface area contributed by atoms with Crippen LogP contribution in [-0.4, -0.2) is 33.9 Å². The second-order valence-electron chi connectivity index (χ2n) is 3.81. The van der Waals surface area contributed by atoms with Crippen molar-refractivity contribution in [2.24, 2.45) is 0 Å². The van der Waals surface area contributed by atoms with E-state index < -0.39 is 0 Å². The first-order valence-electron chi connectivity index (χ1n) is 6.08. The minimum absolute atomic E-state index is 0.587. The predicted molar refractivity (Wildman–Crippen MR) is 72.6 cm³/mol. The van der Waals surface area contributed by atoms with Crippen LogP contribution in [0.4, 0.5) is 5.69 Å². The number of methoxy groups -OCH3 is 2. The number of nitrogen functional groups attached to an aromatic ring is 1. The maximum absolute atomic E-state index is 5.75. The molecule has 0 atom stereocenters. The fourth-order valence-corrected chi connectivity index (χ4v) is 1.59. The first-order valence-corrected chi connectivity index (χ1v) is 6.08. The molecule has 0 unspecified atom stereocenters. The predicted octanol–water partition coefficient (Wildman–Crippen LogP) is 1.66. The molecule has 0 spiro atoms. The zero-order chi connectivity index (χ0) is 13.4. The fourth-order valence-electron chi connectivity index (χ4n) is 1.59. The lowest BCUT2D eigenvalue weighted by Crippen LogP contribution is -2.16. The quantitative estimate of drug-likeness (QED) is 0.545. The van der Waals surface area contributed by atoms with E-state index >= 15 is 0 Å². The molecule has 1 aromatic rings. The van der Waals surface area contributed by atoms with Gasteiger partial charge in [0.15, 0.2) is 11.5 Å². The van der Waals surface area contributed by atoms with E-state index in [2.05, 4.69) is 12.2 Å². The Morgan fingerprint density at radius 1 is 1.17 bits per heavy atom. The van der Waals surface area contributed by atoms with Crippen molar-refractivity contribution in [2.45, 2.75) is 13.3 Å². The average Bonchev–Trinajstić information content (AvgIpc) is 2.39. The maximum atomic E-state index is 5.75. The number of hydrogen-bond donors (Lipinski definition) is 2. The molecule has 0 bridgehead atoms. The number of benzene rings is 1. The third-order valence-corrected chi connectivity index (χ3v) is 2.48. The van der Waals surface area contributed by atoms with E-state index in [-0.39, 0.29) is 0 Å². The first kappa shape index (κ1) is 14.4. The molecule has 0 aromatic heterocycles. The summed E-state index contributed by atoms with van der Waals surface area (Å²) in [6.07, 6.45) is 0.921. The van der Waals surface area contributed by atoms with Crippen molar-refractivity contribution in [1.29, 1.82) is 0 Å². The van der Waals surface area contributed by atoms with Crippen LogP contribution in [0, 0.1) is 0 Å². The molecule has 0 saturated carbocycles. The Labute approximate surface area is 108 Å². The van der Waals surface area contributed by atoms with Crippen molar-refractivity contribution in [3.63, 3.8) is 0 Å². The van der Waals surface area contributed by atoms with Gasteiger partial charge in [-0.15, -0.1) is 0 Å². The molecule has 0 amide bonds. The normalized spacial score (nSPS) is 10.2. The Balaban J connectivity index is 2.67. The molecule has 18 heavy (non-hydrogen) atoms. The number of hydrogen-bond acceptors (Lipinski definition) is 5. The van der Waals surface area contributed by atoms with Gasteiger partial charge in [-0.05, 0) is 19.5 Å². The number of nitrogens with two attached hydrogens (primary N) is 1. The van der Waals surface area contributed by atoms with E-state index in [1.165, 1.54) is 0 Å². The highest BCUT2D eigenvalue weighted by molar-refractivity contribution is 5.60. The average molecular weight is 254 g/mol. The molecule has 5 heteroatoms. The topological polar surface area (TPSA) is 65.7 Å². The van der Waals surface area contributed by atoms with Crippen LogP contribution in [0.15, 0.2) is 12.1 Å². The third kappa shape index (κ3) is 4.00. The zero-order valence-corrected chi connectivity index (χ0v) is 11.3. The van der Waals surface area contributed by atoms with Crippen molar-refractivity contribution in [3.05, 3.63) is 12.1 Å². The van der Waals surface area contributed by atoms with E-state index in [1.807, 2.05) is 0 Å². The van der Waals surface area contributed by atoms with Crippen molar-refractivity contribution >= 4 is 5.69 Å². The van der Waals surface area contributed by atoms with E-state index in [0.29, 0.717) is 29.5 Å². The Morgan fingerprint density at radius 2 is 1.78 bits per heavy atom. The summed E-state index contributed by atoms with van der Waals surface area (Å²) in [6.45, 7) is 4.57. The van der Waals surface area contributed by atoms with Crippen molar-refractivity contribution in [3.8, 4) is 17.2 Å². The van der Waals surface area contributed by atoms with Gasteiger partial charge in [0.05, 0.1) is 20.8 Å². The molecule has 3 N–H and O–H groups in total. The van der Waals surface area contributed by atoms with E-state index in [1.54, 1.807) is 26.4 Å². The van der Waals surface area contributed by atoms with E-state index in [4.69, 9.17) is 19.9 Å². The SMILES string of the molecule is CCNCCCOc1c(OC)cc(N)cc1OC. The van der Waals surface area contributed by atoms with Crippen LogP contribution in [0.3, 0.4) is 0 Å². The summed E-state index contributed by atoms with van der Waals surface area (Å²) in [5.41, 5.74) is 6.34. The highest BCUT2D eigenvalue weighted by Crippen LogP contribution is 2.39. The lowest BCUT2D eigenvalue weighted by molar-refractivity contribution is 0.270. The van der Waals surface area contributed by atoms with Gasteiger partial charge in [-0.25, -0.2) is 0 Å². The molecule has 5 nitrogen and oxygen atoms in total. The highest BCUT2D eigenvalue weighted by Gasteiger charge is 2.12. The number of rotatable bonds is 8. The lowest BCUT2D eigenvalue weighted by Gasteiger charge is -2.15. The van der Waals surface area contributed by atoms with Gasteiger partial charge in [-0.1, -0.05) is 6.92 Å². The summed E-state index contributed by atoms with van der Waals surface area (Å²) in [4.78, 5) is 0. The van der Waals surface area contributed by atoms with Crippen molar-refractivity contribution in [1.82, 2.24) is 5.32 Å². The summed E-state index contributed by atoms with van der Waals surface area (Å²) in [5, 5.41) is 3.24. The van der Waals surface area contributed by atoms with Crippen molar-refractivity contribution < 1.29 is 14.2 Å². The molecule has 0 radical (unpaired) electrons. The smallest absolute Gasteiger partial charge is 0.203 e. The second kappa shape index (κ2) is 7.66. The standard InChI is InChI=1S/C13H22N2O3/c1-4-15-6-5-7-18-13-11(16-2)8-10(14)9-12(13)17-3/h8-9,15H,4-7,14H2,1-3H3. The largest absolute Gasteiger partial charge is 0.493 e. The number of anilines is 1. The lowest BCUT2D eigenvalue weighted by atomic mass is 10.2. The minimum Gasteiger partial charge on any atom is -0.493 e. The zero-order valence-electron chi connectivity index (χ0n) is 11.3. The van der Waals surface area contributed by atoms with Crippen LogP contribution in [0.2, 0.25) is 0 Å². The van der Waals surface area contributed by atoms with Crippen LogP contribution in [-0.2, 0) is 0 Å². The Bertz CT molecular complexity index is 344. The van der Waals surface area contributed by atoms with Gasteiger partial charge >= 0.3 is 0 Å². The van der Waals surface area contributed by atoms with Crippen LogP contribution in [0.5, 0.6) is 17.2 Å². The summed E-state index contributed by atoms with van der Waals surface area (Å²) >= 11 is 0. The molecule has 1 rings (SSSR count). The van der Waals surface area contributed by atoms with Gasteiger partial charge in [0.1, 0.15) is 0 Å². The van der Waals surface area contributed by atoms with Crippen LogP contribution >= 0.6 is 0 Å². The maximum Gasteiger partial charge on any atom is 0.203 e. The van der Waals surface area contributed by atoms with Gasteiger partial charge < -0.3 is 25.3 Å². The van der Waals surface area contributed by atoms with Gasteiger partial charge in [0, 0.05) is 17.8 Å². The van der Waals surface area contributed by atoms with E-state index in [9.17, 15) is 0 Å². The molecular formula is C13H22N2O3. The van der Waals surface area contributed by atoms with Gasteiger partial charge in [0.2, 0.25) is 5.75 Å². The van der Waals surface area contributed by atoms with Gasteiger partial charge in [-0.3, -0.25) is 0 Å². The highest BCUT2D eigenvalue weighted by atomic mass is 16.5. The molecule has 0 saturated heterocycles. The molecule has 0 heterocycles. The molecule has 1 aromatic carbocycles. The summed E-state index contributed by atoms with van der Waals surface area (Å²) in [7, 11) is 3.17. The van der Waals surface area contributed by atoms with E-state index in [0.717, 1.165) is 19.5 Å². The van der Waals surface area contributed by atoms with Crippen LogP contribution in [0.25, 0.3) is 0 Å². The van der Waals surface area contributed by atoms with Crippen molar-refractivity contribution in [2.75, 3.05) is 39.6 Å². The fraction of sp³-hybridized carbons (Fsp3) is 0.538. The third-order valence-electron chi connectivity index (χ3n) is 2.48. The molecule has 0 aliphatic heterocycles. The summed E-state index contributed by atoms with van der Waals surface area (Å²) in [6, 6.07) is 3.45. The molecule has 0 aliphatic rings. The number of nitrogens with one attached hydrogen (secondary N) is 1. The van der Waals surface area contributed by atoms with Gasteiger partial charge in [0.25, 0.3) is 0 Å². The van der Waals surface area contributed by atoms with Crippen LogP contribution in [0.1, 0.15) is 13.3 Å². The van der Waals surface area contributed by atoms with Crippen LogP contribution < -0.4 is 25.3 Å². The molecule has 102 valence electrons. The number of ether oxygens (including phenoxy) is 3. The molecular weight excluding hydrogens is 232 g/mol. The monoisotopic (exact) mass is 254 g/mol. The molecule has 0 aliphatic carbocycles.